The number of rotatable bonds is 4. The Bertz CT molecular complexity index is 225. The molecule has 1 fully saturated rings. The lowest BCUT2D eigenvalue weighted by Gasteiger charge is -2.24. The molecule has 0 aromatic carbocycles. The minimum atomic E-state index is -0.0681. The van der Waals surface area contributed by atoms with Crippen LogP contribution in [0.1, 0.15) is 32.6 Å². The lowest BCUT2D eigenvalue weighted by Crippen LogP contribution is -2.24. The highest BCUT2D eigenvalue weighted by Crippen LogP contribution is 2.28. The van der Waals surface area contributed by atoms with Gasteiger partial charge in [0.15, 0.2) is 11.9 Å². The Morgan fingerprint density at radius 2 is 2.13 bits per heavy atom. The van der Waals surface area contributed by atoms with Crippen molar-refractivity contribution in [2.24, 2.45) is 17.0 Å². The van der Waals surface area contributed by atoms with Crippen LogP contribution in [0.3, 0.4) is 0 Å². The molecular weight excluding hydrogens is 218 g/mol. The van der Waals surface area contributed by atoms with Crippen molar-refractivity contribution < 1.29 is 13.9 Å². The second-order valence-electron chi connectivity index (χ2n) is 3.69. The van der Waals surface area contributed by atoms with Crippen molar-refractivity contribution in [2.45, 2.75) is 32.6 Å². The number of nitrogens with zero attached hydrogens (tertiary/aromatic N) is 1. The minimum absolute atomic E-state index is 0.0616. The number of ether oxygens (including phenoxy) is 1. The lowest BCUT2D eigenvalue weighted by atomic mass is 9.83. The molecule has 1 aliphatic carbocycles. The summed E-state index contributed by atoms with van der Waals surface area (Å²) in [6.07, 6.45) is 5.30. The van der Waals surface area contributed by atoms with Gasteiger partial charge in [-0.15, -0.1) is 0 Å². The molecule has 0 amide bonds. The molecule has 0 aliphatic heterocycles. The van der Waals surface area contributed by atoms with Crippen LogP contribution >= 0.6 is 11.9 Å². The molecule has 1 aliphatic rings. The van der Waals surface area contributed by atoms with Crippen molar-refractivity contribution in [3.8, 4) is 0 Å². The van der Waals surface area contributed by atoms with E-state index in [2.05, 4.69) is 9.55 Å². The van der Waals surface area contributed by atoms with Gasteiger partial charge in [-0.2, -0.15) is 0 Å². The molecule has 5 heteroatoms. The van der Waals surface area contributed by atoms with Crippen molar-refractivity contribution in [3.05, 3.63) is 0 Å². The highest BCUT2D eigenvalue weighted by Gasteiger charge is 2.26. The fourth-order valence-electron chi connectivity index (χ4n) is 1.87. The zero-order chi connectivity index (χ0) is 11.1. The van der Waals surface area contributed by atoms with E-state index < -0.39 is 0 Å². The van der Waals surface area contributed by atoms with Crippen LogP contribution in [0, 0.1) is 11.8 Å². The highest BCUT2D eigenvalue weighted by atomic mass is 35.5. The van der Waals surface area contributed by atoms with Gasteiger partial charge < -0.3 is 4.74 Å². The maximum Gasteiger partial charge on any atom is 0.308 e. The smallest absolute Gasteiger partial charge is 0.308 e. The van der Waals surface area contributed by atoms with E-state index in [0.29, 0.717) is 12.5 Å². The lowest BCUT2D eigenvalue weighted by molar-refractivity contribution is -0.149. The summed E-state index contributed by atoms with van der Waals surface area (Å²) < 4.78 is 9.09. The number of oxime groups is 1. The molecule has 1 rings (SSSR count). The second kappa shape index (κ2) is 6.67. The number of esters is 1. The molecule has 86 valence electrons. The minimum Gasteiger partial charge on any atom is -0.466 e. The van der Waals surface area contributed by atoms with Crippen LogP contribution in [0.4, 0.5) is 0 Å². The maximum atomic E-state index is 11.4. The van der Waals surface area contributed by atoms with Gasteiger partial charge in [0.25, 0.3) is 0 Å². The normalized spacial score (nSPS) is 26.5. The molecular formula is C10H16ClNO3. The summed E-state index contributed by atoms with van der Waals surface area (Å²) in [5, 5.41) is 3.53. The van der Waals surface area contributed by atoms with Gasteiger partial charge >= 0.3 is 5.97 Å². The Hall–Kier alpha value is -0.770. The zero-order valence-electron chi connectivity index (χ0n) is 8.82. The first-order chi connectivity index (χ1) is 7.27. The fourth-order valence-corrected chi connectivity index (χ4v) is 1.92. The van der Waals surface area contributed by atoms with Gasteiger partial charge in [0.05, 0.1) is 12.5 Å². The Labute approximate surface area is 94.7 Å². The van der Waals surface area contributed by atoms with E-state index in [4.69, 9.17) is 16.6 Å². The van der Waals surface area contributed by atoms with Crippen LogP contribution in [0.2, 0.25) is 0 Å². The van der Waals surface area contributed by atoms with Gasteiger partial charge in [-0.25, -0.2) is 0 Å². The largest absolute Gasteiger partial charge is 0.466 e. The molecule has 0 bridgehead atoms. The van der Waals surface area contributed by atoms with Gasteiger partial charge in [-0.05, 0) is 38.5 Å². The molecule has 0 unspecified atom stereocenters. The van der Waals surface area contributed by atoms with Crippen molar-refractivity contribution in [3.63, 3.8) is 0 Å². The molecule has 0 saturated heterocycles. The van der Waals surface area contributed by atoms with E-state index in [1.165, 1.54) is 0 Å². The summed E-state index contributed by atoms with van der Waals surface area (Å²) >= 11 is 4.97. The van der Waals surface area contributed by atoms with E-state index in [1.807, 2.05) is 6.92 Å². The van der Waals surface area contributed by atoms with Crippen LogP contribution in [-0.2, 0) is 13.9 Å². The van der Waals surface area contributed by atoms with Gasteiger partial charge in [-0.3, -0.25) is 9.18 Å². The fraction of sp³-hybridized carbons (Fsp3) is 0.800. The molecule has 0 aromatic rings. The summed E-state index contributed by atoms with van der Waals surface area (Å²) in [5.74, 6) is 0.363. The molecule has 0 radical (unpaired) electrons. The van der Waals surface area contributed by atoms with E-state index in [0.717, 1.165) is 25.7 Å². The van der Waals surface area contributed by atoms with Crippen molar-refractivity contribution in [1.82, 2.24) is 0 Å². The van der Waals surface area contributed by atoms with Crippen LogP contribution in [-0.4, -0.2) is 18.8 Å². The summed E-state index contributed by atoms with van der Waals surface area (Å²) in [6.45, 7) is 2.29. The van der Waals surface area contributed by atoms with Gasteiger partial charge in [0.2, 0.25) is 0 Å². The third kappa shape index (κ3) is 4.08. The van der Waals surface area contributed by atoms with E-state index in [-0.39, 0.29) is 11.9 Å². The predicted molar refractivity (Wildman–Crippen MR) is 57.5 cm³/mol. The topological polar surface area (TPSA) is 47.9 Å². The van der Waals surface area contributed by atoms with E-state index in [9.17, 15) is 4.79 Å². The Balaban J connectivity index is 2.29. The maximum absolute atomic E-state index is 11.4. The first-order valence-electron chi connectivity index (χ1n) is 5.25. The van der Waals surface area contributed by atoms with E-state index in [1.54, 1.807) is 6.21 Å². The van der Waals surface area contributed by atoms with Gasteiger partial charge in [0.1, 0.15) is 0 Å². The first-order valence-corrected chi connectivity index (χ1v) is 5.56. The zero-order valence-corrected chi connectivity index (χ0v) is 9.57. The Kier molecular flexibility index (Phi) is 5.47. The van der Waals surface area contributed by atoms with Crippen molar-refractivity contribution in [1.29, 1.82) is 0 Å². The molecule has 0 N–H and O–H groups in total. The highest BCUT2D eigenvalue weighted by molar-refractivity contribution is 6.07. The summed E-state index contributed by atoms with van der Waals surface area (Å²) in [7, 11) is 0. The predicted octanol–water partition coefficient (Wildman–Crippen LogP) is 2.51. The SMILES string of the molecule is CCOC(=O)C1CCC(/C=N/OCl)CC1. The van der Waals surface area contributed by atoms with Crippen LogP contribution in [0.15, 0.2) is 5.16 Å². The van der Waals surface area contributed by atoms with Crippen LogP contribution < -0.4 is 0 Å². The third-order valence-corrected chi connectivity index (χ3v) is 2.78. The average Bonchev–Trinajstić information content (AvgIpc) is 2.27. The molecule has 0 heterocycles. The number of carbonyl (C=O) groups excluding carboxylic acids is 1. The summed E-state index contributed by atoms with van der Waals surface area (Å²) in [4.78, 5) is 11.4. The first kappa shape index (κ1) is 12.3. The van der Waals surface area contributed by atoms with Gasteiger partial charge in [0, 0.05) is 6.21 Å². The standard InChI is InChI=1S/C10H16ClNO3/c1-2-14-10(13)9-5-3-8(4-6-9)7-12-15-11/h7-9H,2-6H2,1H3/b12-7+. The number of carbonyl (C=O) groups is 1. The third-order valence-electron chi connectivity index (χ3n) is 2.70. The monoisotopic (exact) mass is 233 g/mol. The van der Waals surface area contributed by atoms with Crippen LogP contribution in [0.25, 0.3) is 0 Å². The molecule has 1 saturated carbocycles. The van der Waals surface area contributed by atoms with E-state index >= 15 is 0 Å². The average molecular weight is 234 g/mol. The second-order valence-corrected chi connectivity index (χ2v) is 3.83. The number of hydrogen-bond acceptors (Lipinski definition) is 4. The number of hydrogen-bond donors (Lipinski definition) is 0. The quantitative estimate of drug-likeness (QED) is 0.426. The molecule has 0 aromatic heterocycles. The van der Waals surface area contributed by atoms with Crippen molar-refractivity contribution in [2.75, 3.05) is 6.61 Å². The molecule has 0 atom stereocenters. The Morgan fingerprint density at radius 1 is 1.47 bits per heavy atom. The Morgan fingerprint density at radius 3 is 2.67 bits per heavy atom. The summed E-state index contributed by atoms with van der Waals surface area (Å²) in [6, 6.07) is 0. The van der Waals surface area contributed by atoms with Crippen LogP contribution in [0.5, 0.6) is 0 Å². The molecule has 0 spiro atoms. The van der Waals surface area contributed by atoms with Gasteiger partial charge in [-0.1, -0.05) is 5.16 Å². The number of halogens is 1. The molecule has 15 heavy (non-hydrogen) atoms. The summed E-state index contributed by atoms with van der Waals surface area (Å²) in [5.41, 5.74) is 0. The molecule has 4 nitrogen and oxygen atoms in total. The van der Waals surface area contributed by atoms with Crippen molar-refractivity contribution >= 4 is 24.0 Å².